The summed E-state index contributed by atoms with van der Waals surface area (Å²) in [6.07, 6.45) is 2.29. The SMILES string of the molecule is NCCCN(Cc1ccccc1)C(=O)c1cnns1. The van der Waals surface area contributed by atoms with Crippen molar-refractivity contribution < 1.29 is 4.79 Å². The summed E-state index contributed by atoms with van der Waals surface area (Å²) in [5.41, 5.74) is 6.63. The van der Waals surface area contributed by atoms with Gasteiger partial charge in [-0.3, -0.25) is 4.79 Å². The van der Waals surface area contributed by atoms with Gasteiger partial charge in [0, 0.05) is 13.1 Å². The van der Waals surface area contributed by atoms with E-state index >= 15 is 0 Å². The maximum atomic E-state index is 12.3. The van der Waals surface area contributed by atoms with E-state index in [0.717, 1.165) is 23.5 Å². The van der Waals surface area contributed by atoms with Crippen molar-refractivity contribution in [3.8, 4) is 0 Å². The Hall–Kier alpha value is -1.79. The average Bonchev–Trinajstić information content (AvgIpc) is 2.98. The van der Waals surface area contributed by atoms with E-state index in [-0.39, 0.29) is 5.91 Å². The van der Waals surface area contributed by atoms with E-state index in [1.807, 2.05) is 30.3 Å². The van der Waals surface area contributed by atoms with Crippen molar-refractivity contribution in [2.45, 2.75) is 13.0 Å². The number of rotatable bonds is 6. The summed E-state index contributed by atoms with van der Waals surface area (Å²) in [7, 11) is 0. The first-order valence-corrected chi connectivity index (χ1v) is 6.89. The highest BCUT2D eigenvalue weighted by Gasteiger charge is 2.17. The van der Waals surface area contributed by atoms with Crippen molar-refractivity contribution in [3.05, 3.63) is 47.0 Å². The standard InChI is InChI=1S/C13H16N4OS/c14-7-4-8-17(10-11-5-2-1-3-6-11)13(18)12-9-15-16-19-12/h1-3,5-6,9H,4,7-8,10,14H2. The number of carbonyl (C=O) groups is 1. The van der Waals surface area contributed by atoms with Crippen LogP contribution in [0.3, 0.4) is 0 Å². The van der Waals surface area contributed by atoms with Gasteiger partial charge < -0.3 is 10.6 Å². The summed E-state index contributed by atoms with van der Waals surface area (Å²) < 4.78 is 3.73. The third-order valence-corrected chi connectivity index (χ3v) is 3.36. The number of hydrogen-bond acceptors (Lipinski definition) is 5. The molecule has 2 rings (SSSR count). The minimum Gasteiger partial charge on any atom is -0.333 e. The van der Waals surface area contributed by atoms with Crippen molar-refractivity contribution in [3.63, 3.8) is 0 Å². The van der Waals surface area contributed by atoms with Crippen molar-refractivity contribution in [1.82, 2.24) is 14.5 Å². The molecule has 0 unspecified atom stereocenters. The first kappa shape index (κ1) is 13.6. The molecule has 0 saturated heterocycles. The van der Waals surface area contributed by atoms with Crippen molar-refractivity contribution >= 4 is 17.4 Å². The van der Waals surface area contributed by atoms with Crippen LogP contribution >= 0.6 is 11.5 Å². The number of amides is 1. The van der Waals surface area contributed by atoms with E-state index < -0.39 is 0 Å². The Morgan fingerprint density at radius 3 is 2.74 bits per heavy atom. The van der Waals surface area contributed by atoms with Gasteiger partial charge in [-0.25, -0.2) is 0 Å². The molecule has 2 aromatic rings. The van der Waals surface area contributed by atoms with Gasteiger partial charge in [0.05, 0.1) is 6.20 Å². The lowest BCUT2D eigenvalue weighted by Gasteiger charge is -2.21. The first-order chi connectivity index (χ1) is 9.31. The Morgan fingerprint density at radius 1 is 1.32 bits per heavy atom. The Morgan fingerprint density at radius 2 is 2.11 bits per heavy atom. The zero-order valence-corrected chi connectivity index (χ0v) is 11.3. The largest absolute Gasteiger partial charge is 0.333 e. The quantitative estimate of drug-likeness (QED) is 0.868. The Kier molecular flexibility index (Phi) is 5.00. The molecule has 5 nitrogen and oxygen atoms in total. The normalized spacial score (nSPS) is 10.4. The molecular formula is C13H16N4OS. The molecule has 2 N–H and O–H groups in total. The fraction of sp³-hybridized carbons (Fsp3) is 0.308. The number of aromatic nitrogens is 2. The van der Waals surface area contributed by atoms with Crippen LogP contribution in [0.15, 0.2) is 36.5 Å². The minimum absolute atomic E-state index is 0.0349. The van der Waals surface area contributed by atoms with E-state index in [0.29, 0.717) is 24.5 Å². The monoisotopic (exact) mass is 276 g/mol. The van der Waals surface area contributed by atoms with Gasteiger partial charge >= 0.3 is 0 Å². The van der Waals surface area contributed by atoms with Crippen LogP contribution in [0.5, 0.6) is 0 Å². The molecular weight excluding hydrogens is 260 g/mol. The predicted octanol–water partition coefficient (Wildman–Crippen LogP) is 1.53. The molecule has 0 aliphatic rings. The molecule has 6 heteroatoms. The molecule has 0 spiro atoms. The summed E-state index contributed by atoms with van der Waals surface area (Å²) in [6, 6.07) is 9.91. The van der Waals surface area contributed by atoms with Gasteiger partial charge in [0.15, 0.2) is 0 Å². The zero-order valence-electron chi connectivity index (χ0n) is 10.5. The van der Waals surface area contributed by atoms with Crippen LogP contribution in [-0.4, -0.2) is 33.5 Å². The molecule has 1 heterocycles. The Bertz CT molecular complexity index is 501. The van der Waals surface area contributed by atoms with Gasteiger partial charge in [-0.15, -0.1) is 5.10 Å². The van der Waals surface area contributed by atoms with E-state index in [1.165, 1.54) is 6.20 Å². The molecule has 0 saturated carbocycles. The summed E-state index contributed by atoms with van der Waals surface area (Å²) in [5, 5.41) is 3.71. The molecule has 0 atom stereocenters. The molecule has 1 aromatic carbocycles. The summed E-state index contributed by atoms with van der Waals surface area (Å²) in [4.78, 5) is 14.7. The van der Waals surface area contributed by atoms with Gasteiger partial charge in [0.2, 0.25) is 0 Å². The van der Waals surface area contributed by atoms with Gasteiger partial charge in [0.25, 0.3) is 5.91 Å². The third-order valence-electron chi connectivity index (χ3n) is 2.71. The number of carbonyl (C=O) groups excluding carboxylic acids is 1. The maximum absolute atomic E-state index is 12.3. The van der Waals surface area contributed by atoms with Crippen LogP contribution in [-0.2, 0) is 6.54 Å². The van der Waals surface area contributed by atoms with Crippen LogP contribution < -0.4 is 5.73 Å². The van der Waals surface area contributed by atoms with E-state index in [2.05, 4.69) is 9.59 Å². The smallest absolute Gasteiger partial charge is 0.267 e. The van der Waals surface area contributed by atoms with Crippen LogP contribution in [0.2, 0.25) is 0 Å². The predicted molar refractivity (Wildman–Crippen MR) is 74.8 cm³/mol. The molecule has 1 amide bonds. The van der Waals surface area contributed by atoms with Crippen LogP contribution in [0, 0.1) is 0 Å². The maximum Gasteiger partial charge on any atom is 0.267 e. The Labute approximate surface area is 116 Å². The number of benzene rings is 1. The topological polar surface area (TPSA) is 72.1 Å². The second-order valence-corrected chi connectivity index (χ2v) is 4.92. The summed E-state index contributed by atoms with van der Waals surface area (Å²) >= 11 is 1.12. The van der Waals surface area contributed by atoms with Crippen LogP contribution in [0.4, 0.5) is 0 Å². The number of hydrogen-bond donors (Lipinski definition) is 1. The molecule has 19 heavy (non-hydrogen) atoms. The molecule has 0 bridgehead atoms. The molecule has 0 aliphatic heterocycles. The summed E-state index contributed by atoms with van der Waals surface area (Å²) in [6.45, 7) is 1.79. The van der Waals surface area contributed by atoms with Gasteiger partial charge in [-0.05, 0) is 30.1 Å². The van der Waals surface area contributed by atoms with E-state index in [4.69, 9.17) is 5.73 Å². The molecule has 0 aliphatic carbocycles. The van der Waals surface area contributed by atoms with Crippen molar-refractivity contribution in [2.75, 3.05) is 13.1 Å². The molecule has 0 radical (unpaired) electrons. The van der Waals surface area contributed by atoms with Gasteiger partial charge in [0.1, 0.15) is 4.88 Å². The number of nitrogens with zero attached hydrogens (tertiary/aromatic N) is 3. The lowest BCUT2D eigenvalue weighted by molar-refractivity contribution is 0.0747. The minimum atomic E-state index is -0.0349. The van der Waals surface area contributed by atoms with Crippen molar-refractivity contribution in [1.29, 1.82) is 0 Å². The van der Waals surface area contributed by atoms with Crippen LogP contribution in [0.1, 0.15) is 21.7 Å². The second-order valence-electron chi connectivity index (χ2n) is 4.14. The molecule has 1 aromatic heterocycles. The lowest BCUT2D eigenvalue weighted by Crippen LogP contribution is -2.32. The van der Waals surface area contributed by atoms with Crippen LogP contribution in [0.25, 0.3) is 0 Å². The van der Waals surface area contributed by atoms with Gasteiger partial charge in [-0.1, -0.05) is 34.8 Å². The first-order valence-electron chi connectivity index (χ1n) is 6.12. The second kappa shape index (κ2) is 6.96. The zero-order chi connectivity index (χ0) is 13.5. The fourth-order valence-electron chi connectivity index (χ4n) is 1.76. The average molecular weight is 276 g/mol. The lowest BCUT2D eigenvalue weighted by atomic mass is 10.2. The highest BCUT2D eigenvalue weighted by Crippen LogP contribution is 2.12. The van der Waals surface area contributed by atoms with E-state index in [1.54, 1.807) is 4.90 Å². The third kappa shape index (κ3) is 3.84. The number of nitrogens with two attached hydrogens (primary N) is 1. The molecule has 100 valence electrons. The van der Waals surface area contributed by atoms with E-state index in [9.17, 15) is 4.79 Å². The Balaban J connectivity index is 2.09. The highest BCUT2D eigenvalue weighted by atomic mass is 32.1. The highest BCUT2D eigenvalue weighted by molar-refractivity contribution is 7.07. The van der Waals surface area contributed by atoms with Gasteiger partial charge in [-0.2, -0.15) is 0 Å². The summed E-state index contributed by atoms with van der Waals surface area (Å²) in [5.74, 6) is -0.0349. The fourth-order valence-corrected chi connectivity index (χ4v) is 2.24. The molecule has 0 fully saturated rings. The van der Waals surface area contributed by atoms with Crippen molar-refractivity contribution in [2.24, 2.45) is 5.73 Å².